The first-order valence-corrected chi connectivity index (χ1v) is 6.53. The van der Waals surface area contributed by atoms with Crippen molar-refractivity contribution >= 4 is 12.4 Å². The van der Waals surface area contributed by atoms with Crippen LogP contribution < -0.4 is 0 Å². The summed E-state index contributed by atoms with van der Waals surface area (Å²) in [4.78, 5) is 12.5. The lowest BCUT2D eigenvalue weighted by Crippen LogP contribution is -2.11. The molecule has 1 aromatic carbocycles. The summed E-state index contributed by atoms with van der Waals surface area (Å²) in [6.45, 7) is 3.18. The highest BCUT2D eigenvalue weighted by molar-refractivity contribution is 5.92. The van der Waals surface area contributed by atoms with E-state index in [1.807, 2.05) is 57.0 Å². The minimum atomic E-state index is 0.223. The Morgan fingerprint density at radius 1 is 0.950 bits per heavy atom. The van der Waals surface area contributed by atoms with Gasteiger partial charge >= 0.3 is 0 Å². The molecular formula is C15H24N4O. The fraction of sp³-hybridized carbons (Fsp3) is 0.467. The zero-order chi connectivity index (χ0) is 15.1. The molecule has 0 aliphatic rings. The molecule has 0 aliphatic heterocycles. The molecule has 0 radical (unpaired) electrons. The third-order valence-electron chi connectivity index (χ3n) is 2.50. The average Bonchev–Trinajstić information content (AvgIpc) is 2.33. The summed E-state index contributed by atoms with van der Waals surface area (Å²) in [6, 6.07) is 3.83. The lowest BCUT2D eigenvalue weighted by atomic mass is 10.1. The van der Waals surface area contributed by atoms with E-state index in [9.17, 15) is 5.11 Å². The van der Waals surface area contributed by atoms with E-state index in [1.165, 1.54) is 0 Å². The molecule has 0 aromatic heterocycles. The highest BCUT2D eigenvalue weighted by Gasteiger charge is 2.05. The third-order valence-corrected chi connectivity index (χ3v) is 2.50. The van der Waals surface area contributed by atoms with Crippen LogP contribution in [0.5, 0.6) is 5.75 Å². The van der Waals surface area contributed by atoms with Gasteiger partial charge in [0, 0.05) is 23.6 Å². The minimum absolute atomic E-state index is 0.223. The largest absolute Gasteiger partial charge is 0.507 e. The van der Waals surface area contributed by atoms with E-state index in [-0.39, 0.29) is 5.75 Å². The number of hydrogen-bond donors (Lipinski definition) is 1. The first-order valence-electron chi connectivity index (χ1n) is 6.53. The Morgan fingerprint density at radius 3 is 1.70 bits per heavy atom. The Hall–Kier alpha value is -1.72. The monoisotopic (exact) mass is 276 g/mol. The lowest BCUT2D eigenvalue weighted by Gasteiger charge is -2.08. The number of nitrogens with zero attached hydrogens (tertiary/aromatic N) is 4. The number of benzene rings is 1. The summed E-state index contributed by atoms with van der Waals surface area (Å²) in [7, 11) is 7.80. The summed E-state index contributed by atoms with van der Waals surface area (Å²) in [5.41, 5.74) is 2.51. The van der Waals surface area contributed by atoms with Crippen LogP contribution in [0.3, 0.4) is 0 Å². The highest BCUT2D eigenvalue weighted by atomic mass is 16.3. The Labute approximate surface area is 121 Å². The second-order valence-electron chi connectivity index (χ2n) is 5.36. The number of phenolic OH excluding ortho intramolecular Hbond substituents is 1. The predicted octanol–water partition coefficient (Wildman–Crippen LogP) is 1.58. The summed E-state index contributed by atoms with van der Waals surface area (Å²) in [6.07, 6.45) is 3.40. The Balaban J connectivity index is 2.94. The van der Waals surface area contributed by atoms with E-state index in [0.29, 0.717) is 13.3 Å². The number of aryl methyl sites for hydroxylation is 1. The number of aliphatic imine (C=N–C) groups is 2. The van der Waals surface area contributed by atoms with Crippen LogP contribution in [0.4, 0.5) is 0 Å². The van der Waals surface area contributed by atoms with Crippen LogP contribution in [0.15, 0.2) is 22.1 Å². The molecular weight excluding hydrogens is 252 g/mol. The molecule has 0 atom stereocenters. The molecule has 1 rings (SSSR count). The van der Waals surface area contributed by atoms with Gasteiger partial charge in [0.05, 0.1) is 13.3 Å². The molecule has 0 aliphatic carbocycles. The summed E-state index contributed by atoms with van der Waals surface area (Å²) >= 11 is 0. The number of hydrogen-bond acceptors (Lipinski definition) is 5. The molecule has 0 saturated heterocycles. The molecule has 0 heterocycles. The van der Waals surface area contributed by atoms with Crippen LogP contribution in [0.2, 0.25) is 0 Å². The number of phenols is 1. The van der Waals surface area contributed by atoms with Crippen LogP contribution in [0.25, 0.3) is 0 Å². The van der Waals surface area contributed by atoms with Crippen molar-refractivity contribution < 1.29 is 5.11 Å². The van der Waals surface area contributed by atoms with Gasteiger partial charge in [0.15, 0.2) is 0 Å². The number of aromatic hydroxyl groups is 1. The first kappa shape index (κ1) is 16.3. The standard InChI is InChI=1S/C15H24N4O/c1-12-6-13(8-16-10-18(2)3)15(20)14(7-12)9-17-11-19(4)5/h6-9,20H,10-11H2,1-5H3/b16-8+,17-9+. The Morgan fingerprint density at radius 2 is 1.35 bits per heavy atom. The average molecular weight is 276 g/mol. The Kier molecular flexibility index (Phi) is 6.35. The molecule has 0 spiro atoms. The van der Waals surface area contributed by atoms with Gasteiger partial charge in [-0.2, -0.15) is 0 Å². The van der Waals surface area contributed by atoms with Crippen molar-refractivity contribution in [2.75, 3.05) is 41.5 Å². The van der Waals surface area contributed by atoms with Crippen molar-refractivity contribution in [3.63, 3.8) is 0 Å². The molecule has 1 aromatic rings. The summed E-state index contributed by atoms with van der Waals surface area (Å²) < 4.78 is 0. The molecule has 110 valence electrons. The molecule has 0 fully saturated rings. The number of rotatable bonds is 6. The molecule has 0 unspecified atom stereocenters. The molecule has 5 heteroatoms. The maximum absolute atomic E-state index is 10.2. The minimum Gasteiger partial charge on any atom is -0.507 e. The smallest absolute Gasteiger partial charge is 0.133 e. The van der Waals surface area contributed by atoms with E-state index in [0.717, 1.165) is 16.7 Å². The first-order chi connectivity index (χ1) is 9.40. The van der Waals surface area contributed by atoms with Crippen LogP contribution >= 0.6 is 0 Å². The predicted molar refractivity (Wildman–Crippen MR) is 85.1 cm³/mol. The topological polar surface area (TPSA) is 51.4 Å². The van der Waals surface area contributed by atoms with Gasteiger partial charge in [0.25, 0.3) is 0 Å². The van der Waals surface area contributed by atoms with Crippen LogP contribution in [-0.4, -0.2) is 68.9 Å². The van der Waals surface area contributed by atoms with Gasteiger partial charge in [0.2, 0.25) is 0 Å². The van der Waals surface area contributed by atoms with E-state index in [1.54, 1.807) is 12.4 Å². The molecule has 20 heavy (non-hydrogen) atoms. The van der Waals surface area contributed by atoms with Crippen molar-refractivity contribution in [1.29, 1.82) is 0 Å². The van der Waals surface area contributed by atoms with Gasteiger partial charge in [-0.15, -0.1) is 0 Å². The second-order valence-corrected chi connectivity index (χ2v) is 5.36. The van der Waals surface area contributed by atoms with E-state index in [4.69, 9.17) is 0 Å². The Bertz CT molecular complexity index is 452. The van der Waals surface area contributed by atoms with E-state index < -0.39 is 0 Å². The van der Waals surface area contributed by atoms with Crippen molar-refractivity contribution in [2.24, 2.45) is 9.98 Å². The van der Waals surface area contributed by atoms with Gasteiger partial charge in [-0.05, 0) is 52.8 Å². The van der Waals surface area contributed by atoms with Crippen molar-refractivity contribution in [1.82, 2.24) is 9.80 Å². The second kappa shape index (κ2) is 7.77. The van der Waals surface area contributed by atoms with E-state index in [2.05, 4.69) is 9.98 Å². The third kappa shape index (κ3) is 5.50. The zero-order valence-electron chi connectivity index (χ0n) is 13.0. The highest BCUT2D eigenvalue weighted by Crippen LogP contribution is 2.21. The van der Waals surface area contributed by atoms with Crippen molar-refractivity contribution in [2.45, 2.75) is 6.92 Å². The van der Waals surface area contributed by atoms with Crippen molar-refractivity contribution in [3.8, 4) is 5.75 Å². The fourth-order valence-electron chi connectivity index (χ4n) is 1.64. The van der Waals surface area contributed by atoms with Gasteiger partial charge in [-0.3, -0.25) is 19.8 Å². The zero-order valence-corrected chi connectivity index (χ0v) is 13.0. The van der Waals surface area contributed by atoms with Crippen LogP contribution in [0, 0.1) is 6.92 Å². The van der Waals surface area contributed by atoms with Gasteiger partial charge in [0.1, 0.15) is 5.75 Å². The van der Waals surface area contributed by atoms with Crippen LogP contribution in [-0.2, 0) is 0 Å². The maximum Gasteiger partial charge on any atom is 0.133 e. The summed E-state index contributed by atoms with van der Waals surface area (Å²) in [5.74, 6) is 0.223. The molecule has 0 amide bonds. The molecule has 0 saturated carbocycles. The SMILES string of the molecule is Cc1cc(/C=N/CN(C)C)c(O)c(/C=N/CN(C)C)c1. The van der Waals surface area contributed by atoms with Gasteiger partial charge in [-0.1, -0.05) is 0 Å². The van der Waals surface area contributed by atoms with Gasteiger partial charge < -0.3 is 5.11 Å². The van der Waals surface area contributed by atoms with Crippen LogP contribution in [0.1, 0.15) is 16.7 Å². The quantitative estimate of drug-likeness (QED) is 0.803. The lowest BCUT2D eigenvalue weighted by molar-refractivity contribution is 0.424. The molecule has 5 nitrogen and oxygen atoms in total. The molecule has 0 bridgehead atoms. The van der Waals surface area contributed by atoms with Gasteiger partial charge in [-0.25, -0.2) is 0 Å². The fourth-order valence-corrected chi connectivity index (χ4v) is 1.64. The van der Waals surface area contributed by atoms with E-state index >= 15 is 0 Å². The van der Waals surface area contributed by atoms with Crippen molar-refractivity contribution in [3.05, 3.63) is 28.8 Å². The maximum atomic E-state index is 10.2. The molecule has 1 N–H and O–H groups in total. The summed E-state index contributed by atoms with van der Waals surface area (Å²) in [5, 5.41) is 10.2. The normalized spacial score (nSPS) is 12.3.